The lowest BCUT2D eigenvalue weighted by Crippen LogP contribution is -2.14. The Labute approximate surface area is 207 Å². The van der Waals surface area contributed by atoms with Gasteiger partial charge in [-0.25, -0.2) is 21.9 Å². The van der Waals surface area contributed by atoms with E-state index in [4.69, 9.17) is 4.74 Å². The lowest BCUT2D eigenvalue weighted by atomic mass is 10.1. The summed E-state index contributed by atoms with van der Waals surface area (Å²) in [5.41, 5.74) is 2.49. The highest BCUT2D eigenvalue weighted by molar-refractivity contribution is 7.91. The van der Waals surface area contributed by atoms with Crippen molar-refractivity contribution in [2.45, 2.75) is 25.2 Å². The predicted molar refractivity (Wildman–Crippen MR) is 131 cm³/mol. The Morgan fingerprint density at radius 1 is 1.03 bits per heavy atom. The molecule has 3 aromatic carbocycles. The molecular weight excluding hydrogens is 488 g/mol. The largest absolute Gasteiger partial charge is 0.455 e. The number of aromatic nitrogens is 2. The van der Waals surface area contributed by atoms with Gasteiger partial charge in [-0.2, -0.15) is 5.10 Å². The number of carbonyl (C=O) groups excluding carboxylic acids is 1. The summed E-state index contributed by atoms with van der Waals surface area (Å²) in [6.45, 7) is 3.44. The van der Waals surface area contributed by atoms with E-state index >= 15 is 0 Å². The van der Waals surface area contributed by atoms with E-state index in [2.05, 4.69) is 10.4 Å². The van der Waals surface area contributed by atoms with Crippen LogP contribution in [0.5, 0.6) is 11.5 Å². The molecule has 0 fully saturated rings. The molecule has 10 heteroatoms. The Bertz CT molecular complexity index is 1520. The fraction of sp³-hybridized carbons (Fsp3) is 0.154. The van der Waals surface area contributed by atoms with Crippen LogP contribution in [-0.4, -0.2) is 29.9 Å². The minimum atomic E-state index is -3.32. The number of aryl methyl sites for hydroxylation is 1. The zero-order valence-corrected chi connectivity index (χ0v) is 20.4. The van der Waals surface area contributed by atoms with E-state index in [0.29, 0.717) is 16.9 Å². The molecule has 0 aliphatic heterocycles. The number of rotatable bonds is 8. The molecule has 4 rings (SSSR count). The second-order valence-electron chi connectivity index (χ2n) is 8.10. The molecule has 0 aliphatic carbocycles. The summed E-state index contributed by atoms with van der Waals surface area (Å²) >= 11 is 0. The number of nitrogens with one attached hydrogen (secondary N) is 1. The SMILES string of the molecule is CCS(=O)(=O)c1ccc(CC(=O)Nc2ccc(-n3cc(C)cn3)c(Oc3ccc(F)c(F)c3)c2)cc1. The average molecular weight is 512 g/mol. The first-order valence-electron chi connectivity index (χ1n) is 11.0. The Morgan fingerprint density at radius 3 is 2.42 bits per heavy atom. The van der Waals surface area contributed by atoms with Crippen molar-refractivity contribution in [1.82, 2.24) is 9.78 Å². The number of ether oxygens (including phenoxy) is 1. The fourth-order valence-corrected chi connectivity index (χ4v) is 4.33. The molecule has 1 amide bonds. The van der Waals surface area contributed by atoms with Gasteiger partial charge in [-0.1, -0.05) is 19.1 Å². The van der Waals surface area contributed by atoms with Gasteiger partial charge in [0.05, 0.1) is 23.3 Å². The van der Waals surface area contributed by atoms with E-state index in [1.807, 2.05) is 6.92 Å². The first-order chi connectivity index (χ1) is 17.1. The van der Waals surface area contributed by atoms with E-state index in [1.54, 1.807) is 54.3 Å². The van der Waals surface area contributed by atoms with Gasteiger partial charge in [0.1, 0.15) is 11.4 Å². The van der Waals surface area contributed by atoms with Crippen molar-refractivity contribution in [1.29, 1.82) is 0 Å². The lowest BCUT2D eigenvalue weighted by molar-refractivity contribution is -0.115. The van der Waals surface area contributed by atoms with Gasteiger partial charge < -0.3 is 10.1 Å². The van der Waals surface area contributed by atoms with Gasteiger partial charge in [-0.15, -0.1) is 0 Å². The van der Waals surface area contributed by atoms with Crippen LogP contribution in [0.4, 0.5) is 14.5 Å². The van der Waals surface area contributed by atoms with Crippen LogP contribution < -0.4 is 10.1 Å². The summed E-state index contributed by atoms with van der Waals surface area (Å²) in [7, 11) is -3.32. The van der Waals surface area contributed by atoms with Crippen molar-refractivity contribution in [2.75, 3.05) is 11.1 Å². The molecule has 0 radical (unpaired) electrons. The molecular formula is C26H23F2N3O4S. The van der Waals surface area contributed by atoms with Crippen molar-refractivity contribution in [3.63, 3.8) is 0 Å². The van der Waals surface area contributed by atoms with Crippen LogP contribution >= 0.6 is 0 Å². The van der Waals surface area contributed by atoms with Gasteiger partial charge >= 0.3 is 0 Å². The second kappa shape index (κ2) is 10.3. The normalized spacial score (nSPS) is 11.3. The van der Waals surface area contributed by atoms with Gasteiger partial charge in [0.25, 0.3) is 0 Å². The second-order valence-corrected chi connectivity index (χ2v) is 10.4. The summed E-state index contributed by atoms with van der Waals surface area (Å²) in [6, 6.07) is 14.3. The van der Waals surface area contributed by atoms with Crippen LogP contribution in [0.25, 0.3) is 5.69 Å². The first kappa shape index (κ1) is 25.1. The topological polar surface area (TPSA) is 90.3 Å². The molecule has 36 heavy (non-hydrogen) atoms. The minimum absolute atomic E-state index is 0.00407. The molecule has 1 heterocycles. The zero-order chi connectivity index (χ0) is 25.9. The lowest BCUT2D eigenvalue weighted by Gasteiger charge is -2.14. The Hall–Kier alpha value is -4.05. The molecule has 4 aromatic rings. The summed E-state index contributed by atoms with van der Waals surface area (Å²) in [6.07, 6.45) is 3.45. The van der Waals surface area contributed by atoms with Gasteiger partial charge in [0.2, 0.25) is 5.91 Å². The summed E-state index contributed by atoms with van der Waals surface area (Å²) in [5.74, 6) is -2.04. The molecule has 0 spiro atoms. The molecule has 7 nitrogen and oxygen atoms in total. The average Bonchev–Trinajstić information content (AvgIpc) is 3.28. The number of nitrogens with zero attached hydrogens (tertiary/aromatic N) is 2. The van der Waals surface area contributed by atoms with Crippen LogP contribution in [-0.2, 0) is 21.1 Å². The Kier molecular flexibility index (Phi) is 7.16. The van der Waals surface area contributed by atoms with Gasteiger partial charge in [0.15, 0.2) is 27.2 Å². The number of hydrogen-bond donors (Lipinski definition) is 1. The standard InChI is InChI=1S/C26H23F2N3O4S/c1-3-36(33,34)21-8-4-18(5-9-21)12-26(32)30-19-6-11-24(31-16-17(2)15-29-31)25(13-19)35-20-7-10-22(27)23(28)14-20/h4-11,13-16H,3,12H2,1-2H3,(H,30,32). The molecule has 0 saturated carbocycles. The summed E-state index contributed by atoms with van der Waals surface area (Å²) < 4.78 is 58.4. The maximum absolute atomic E-state index is 13.7. The number of amides is 1. The van der Waals surface area contributed by atoms with Crippen LogP contribution in [0, 0.1) is 18.6 Å². The number of halogens is 2. The molecule has 0 saturated heterocycles. The minimum Gasteiger partial charge on any atom is -0.455 e. The van der Waals surface area contributed by atoms with Crippen LogP contribution in [0.3, 0.4) is 0 Å². The third-order valence-electron chi connectivity index (χ3n) is 5.35. The Balaban J connectivity index is 1.56. The molecule has 1 aromatic heterocycles. The number of anilines is 1. The van der Waals surface area contributed by atoms with Crippen molar-refractivity contribution in [3.8, 4) is 17.2 Å². The van der Waals surface area contributed by atoms with Crippen LogP contribution in [0.15, 0.2) is 78.0 Å². The highest BCUT2D eigenvalue weighted by Gasteiger charge is 2.14. The van der Waals surface area contributed by atoms with Gasteiger partial charge in [-0.3, -0.25) is 4.79 Å². The van der Waals surface area contributed by atoms with Crippen molar-refractivity contribution in [3.05, 3.63) is 95.8 Å². The maximum atomic E-state index is 13.7. The molecule has 186 valence electrons. The molecule has 0 atom stereocenters. The maximum Gasteiger partial charge on any atom is 0.228 e. The van der Waals surface area contributed by atoms with E-state index < -0.39 is 21.5 Å². The molecule has 0 unspecified atom stereocenters. The highest BCUT2D eigenvalue weighted by Crippen LogP contribution is 2.32. The van der Waals surface area contributed by atoms with Gasteiger partial charge in [0, 0.05) is 24.0 Å². The smallest absolute Gasteiger partial charge is 0.228 e. The molecule has 0 bridgehead atoms. The fourth-order valence-electron chi connectivity index (χ4n) is 3.45. The monoisotopic (exact) mass is 511 g/mol. The summed E-state index contributed by atoms with van der Waals surface area (Å²) in [5, 5.41) is 7.05. The quantitative estimate of drug-likeness (QED) is 0.350. The number of benzene rings is 3. The van der Waals surface area contributed by atoms with E-state index in [9.17, 15) is 22.0 Å². The Morgan fingerprint density at radius 2 is 1.78 bits per heavy atom. The van der Waals surface area contributed by atoms with Crippen molar-refractivity contribution in [2.24, 2.45) is 0 Å². The number of sulfone groups is 1. The van der Waals surface area contributed by atoms with Crippen molar-refractivity contribution < 1.29 is 26.7 Å². The van der Waals surface area contributed by atoms with Crippen molar-refractivity contribution >= 4 is 21.4 Å². The van der Waals surface area contributed by atoms with E-state index in [-0.39, 0.29) is 34.5 Å². The summed E-state index contributed by atoms with van der Waals surface area (Å²) in [4.78, 5) is 12.9. The van der Waals surface area contributed by atoms with E-state index in [0.717, 1.165) is 17.7 Å². The number of hydrogen-bond acceptors (Lipinski definition) is 5. The highest BCUT2D eigenvalue weighted by atomic mass is 32.2. The molecule has 0 aliphatic rings. The van der Waals surface area contributed by atoms with Crippen LogP contribution in [0.1, 0.15) is 18.1 Å². The first-order valence-corrected chi connectivity index (χ1v) is 12.7. The number of carbonyl (C=O) groups is 1. The third-order valence-corrected chi connectivity index (χ3v) is 7.10. The van der Waals surface area contributed by atoms with Crippen LogP contribution in [0.2, 0.25) is 0 Å². The third kappa shape index (κ3) is 5.77. The van der Waals surface area contributed by atoms with Gasteiger partial charge in [-0.05, 0) is 54.4 Å². The molecule has 1 N–H and O–H groups in total. The van der Waals surface area contributed by atoms with E-state index in [1.165, 1.54) is 18.2 Å². The zero-order valence-electron chi connectivity index (χ0n) is 19.5. The predicted octanol–water partition coefficient (Wildman–Crippen LogP) is 5.23.